The van der Waals surface area contributed by atoms with Crippen LogP contribution in [0.3, 0.4) is 0 Å². The Morgan fingerprint density at radius 3 is 1.47 bits per heavy atom. The first-order valence-electron chi connectivity index (χ1n) is 12.3. The average molecular weight is 588 g/mol. The molecule has 0 amide bonds. The van der Waals surface area contributed by atoms with Gasteiger partial charge in [0.15, 0.2) is 0 Å². The van der Waals surface area contributed by atoms with Crippen LogP contribution in [0.1, 0.15) is 54.9 Å². The molecule has 0 spiro atoms. The van der Waals surface area contributed by atoms with E-state index in [4.69, 9.17) is 46.4 Å². The van der Waals surface area contributed by atoms with Gasteiger partial charge in [0.2, 0.25) is 0 Å². The lowest BCUT2D eigenvalue weighted by Crippen LogP contribution is -2.09. The summed E-state index contributed by atoms with van der Waals surface area (Å²) in [6.07, 6.45) is 1.85. The summed E-state index contributed by atoms with van der Waals surface area (Å²) in [7, 11) is 0. The summed E-state index contributed by atoms with van der Waals surface area (Å²) >= 11 is 24.3. The van der Waals surface area contributed by atoms with Crippen molar-refractivity contribution >= 4 is 57.5 Å². The third-order valence-corrected chi connectivity index (χ3v) is 7.32. The van der Waals surface area contributed by atoms with Crippen LogP contribution >= 0.6 is 46.4 Å². The van der Waals surface area contributed by atoms with Crippen LogP contribution in [0.25, 0.3) is 11.1 Å². The van der Waals surface area contributed by atoms with Crippen LogP contribution < -0.4 is 0 Å². The Morgan fingerprint density at radius 2 is 1.08 bits per heavy atom. The summed E-state index contributed by atoms with van der Waals surface area (Å²) in [5.74, 6) is 0.401. The number of hydrogen-bond donors (Lipinski definition) is 2. The van der Waals surface area contributed by atoms with E-state index in [1.807, 2.05) is 72.8 Å². The monoisotopic (exact) mass is 586 g/mol. The molecule has 0 fully saturated rings. The van der Waals surface area contributed by atoms with Crippen molar-refractivity contribution in [1.82, 2.24) is 0 Å². The van der Waals surface area contributed by atoms with Gasteiger partial charge in [0.1, 0.15) is 16.3 Å². The van der Waals surface area contributed by atoms with Crippen LogP contribution in [-0.4, -0.2) is 15.0 Å². The Labute approximate surface area is 245 Å². The van der Waals surface area contributed by atoms with Gasteiger partial charge in [0, 0.05) is 16.0 Å². The first-order chi connectivity index (χ1) is 18.2. The SMILES string of the molecule is CC/C(=C(/CC)c1ccc(O)cc1)c1ccc(O)cc1.Clc1ccc(C(c2ccccc2Cl)C(Cl)Cl)cc1. The molecule has 0 aromatic heterocycles. The zero-order valence-electron chi connectivity index (χ0n) is 21.2. The van der Waals surface area contributed by atoms with Gasteiger partial charge in [0.25, 0.3) is 0 Å². The van der Waals surface area contributed by atoms with Crippen molar-refractivity contribution in [2.75, 3.05) is 0 Å². The number of rotatable bonds is 7. The van der Waals surface area contributed by atoms with Gasteiger partial charge in [-0.2, -0.15) is 0 Å². The van der Waals surface area contributed by atoms with Gasteiger partial charge < -0.3 is 10.2 Å². The maximum Gasteiger partial charge on any atom is 0.118 e. The molecule has 4 aromatic carbocycles. The fourth-order valence-corrected chi connectivity index (χ4v) is 5.31. The maximum absolute atomic E-state index is 9.41. The number of alkyl halides is 2. The number of phenolic OH excluding ortho intramolecular Hbond substituents is 2. The number of hydrogen-bond acceptors (Lipinski definition) is 2. The van der Waals surface area contributed by atoms with Gasteiger partial charge in [0.05, 0.1) is 0 Å². The van der Waals surface area contributed by atoms with Crippen LogP contribution in [-0.2, 0) is 0 Å². The molecule has 1 unspecified atom stereocenters. The van der Waals surface area contributed by atoms with E-state index in [-0.39, 0.29) is 17.4 Å². The van der Waals surface area contributed by atoms with E-state index in [0.717, 1.165) is 35.1 Å². The lowest BCUT2D eigenvalue weighted by atomic mass is 9.91. The summed E-state index contributed by atoms with van der Waals surface area (Å²) in [5, 5.41) is 20.2. The molecule has 4 rings (SSSR count). The second-order valence-electron chi connectivity index (χ2n) is 8.64. The zero-order valence-corrected chi connectivity index (χ0v) is 24.2. The molecule has 2 nitrogen and oxygen atoms in total. The van der Waals surface area contributed by atoms with Gasteiger partial charge >= 0.3 is 0 Å². The van der Waals surface area contributed by atoms with Crippen molar-refractivity contribution in [3.8, 4) is 11.5 Å². The topological polar surface area (TPSA) is 40.5 Å². The lowest BCUT2D eigenvalue weighted by molar-refractivity contribution is 0.474. The molecule has 6 heteroatoms. The summed E-state index contributed by atoms with van der Waals surface area (Å²) in [6, 6.07) is 29.7. The molecule has 1 atom stereocenters. The van der Waals surface area contributed by atoms with Gasteiger partial charge in [-0.3, -0.25) is 0 Å². The van der Waals surface area contributed by atoms with Crippen molar-refractivity contribution < 1.29 is 10.2 Å². The molecule has 0 bridgehead atoms. The lowest BCUT2D eigenvalue weighted by Gasteiger charge is -2.20. The van der Waals surface area contributed by atoms with Crippen molar-refractivity contribution in [1.29, 1.82) is 0 Å². The van der Waals surface area contributed by atoms with Gasteiger partial charge in [-0.1, -0.05) is 91.6 Å². The van der Waals surface area contributed by atoms with E-state index in [1.54, 1.807) is 24.3 Å². The Hall–Kier alpha value is -2.62. The number of phenols is 2. The maximum atomic E-state index is 9.41. The van der Waals surface area contributed by atoms with Crippen LogP contribution in [0.4, 0.5) is 0 Å². The molecule has 0 saturated carbocycles. The van der Waals surface area contributed by atoms with Crippen LogP contribution in [0.5, 0.6) is 11.5 Å². The highest BCUT2D eigenvalue weighted by Gasteiger charge is 2.23. The predicted octanol–water partition coefficient (Wildman–Crippen LogP) is 10.8. The standard InChI is InChI=1S/C18H20O2.C14H10Cl4/c1-3-17(13-5-9-15(19)10-6-13)18(4-2)14-7-11-16(20)12-8-14;15-10-7-5-9(6-8-10)13(14(17)18)11-3-1-2-4-12(11)16/h5-12,19-20H,3-4H2,1-2H3;1-8,13-14H/b18-17+;. The smallest absolute Gasteiger partial charge is 0.118 e. The van der Waals surface area contributed by atoms with E-state index in [0.29, 0.717) is 10.0 Å². The summed E-state index contributed by atoms with van der Waals surface area (Å²) in [6.45, 7) is 4.27. The van der Waals surface area contributed by atoms with E-state index < -0.39 is 4.84 Å². The minimum Gasteiger partial charge on any atom is -0.508 e. The van der Waals surface area contributed by atoms with Gasteiger partial charge in [-0.25, -0.2) is 0 Å². The largest absolute Gasteiger partial charge is 0.508 e. The molecule has 4 aromatic rings. The van der Waals surface area contributed by atoms with Crippen LogP contribution in [0.15, 0.2) is 97.1 Å². The molecule has 0 aliphatic heterocycles. The van der Waals surface area contributed by atoms with E-state index in [2.05, 4.69) is 13.8 Å². The second kappa shape index (κ2) is 14.5. The average Bonchev–Trinajstić information content (AvgIpc) is 2.91. The molecule has 0 aliphatic carbocycles. The van der Waals surface area contributed by atoms with E-state index >= 15 is 0 Å². The zero-order chi connectivity index (χ0) is 27.7. The van der Waals surface area contributed by atoms with Crippen molar-refractivity contribution in [2.24, 2.45) is 0 Å². The molecule has 38 heavy (non-hydrogen) atoms. The fourth-order valence-electron chi connectivity index (χ4n) is 4.37. The predicted molar refractivity (Wildman–Crippen MR) is 164 cm³/mol. The Bertz CT molecular complexity index is 1270. The molecule has 0 radical (unpaired) electrons. The summed E-state index contributed by atoms with van der Waals surface area (Å²) in [5.41, 5.74) is 6.72. The third kappa shape index (κ3) is 7.94. The van der Waals surface area contributed by atoms with E-state index in [1.165, 1.54) is 11.1 Å². The number of aromatic hydroxyl groups is 2. The van der Waals surface area contributed by atoms with Crippen molar-refractivity contribution in [3.05, 3.63) is 129 Å². The van der Waals surface area contributed by atoms with Crippen LogP contribution in [0.2, 0.25) is 10.0 Å². The molecule has 0 aliphatic rings. The number of allylic oxidation sites excluding steroid dienone is 2. The van der Waals surface area contributed by atoms with Gasteiger partial charge in [-0.15, -0.1) is 23.2 Å². The molecular formula is C32H30Cl4O2. The number of benzene rings is 4. The Kier molecular flexibility index (Phi) is 11.4. The normalized spacial score (nSPS) is 12.4. The second-order valence-corrected chi connectivity index (χ2v) is 10.7. The molecular weight excluding hydrogens is 558 g/mol. The molecule has 0 heterocycles. The first-order valence-corrected chi connectivity index (χ1v) is 14.0. The summed E-state index contributed by atoms with van der Waals surface area (Å²) in [4.78, 5) is -0.578. The minimum atomic E-state index is -0.578. The highest BCUT2D eigenvalue weighted by Crippen LogP contribution is 2.37. The Balaban J connectivity index is 0.000000212. The van der Waals surface area contributed by atoms with E-state index in [9.17, 15) is 10.2 Å². The van der Waals surface area contributed by atoms with Crippen LogP contribution in [0, 0.1) is 0 Å². The first kappa shape index (κ1) is 29.9. The fraction of sp³-hybridized carbons (Fsp3) is 0.188. The quantitative estimate of drug-likeness (QED) is 0.167. The molecule has 2 N–H and O–H groups in total. The van der Waals surface area contributed by atoms with Gasteiger partial charge in [-0.05, 0) is 88.7 Å². The highest BCUT2D eigenvalue weighted by atomic mass is 35.5. The van der Waals surface area contributed by atoms with Crippen molar-refractivity contribution in [3.63, 3.8) is 0 Å². The van der Waals surface area contributed by atoms with Crippen molar-refractivity contribution in [2.45, 2.75) is 37.4 Å². The molecule has 198 valence electrons. The third-order valence-electron chi connectivity index (χ3n) is 6.22. The molecule has 0 saturated heterocycles. The summed E-state index contributed by atoms with van der Waals surface area (Å²) < 4.78 is 0. The number of halogens is 4. The minimum absolute atomic E-state index is 0.167. The Morgan fingerprint density at radius 1 is 0.632 bits per heavy atom. The highest BCUT2D eigenvalue weighted by molar-refractivity contribution is 6.45.